The van der Waals surface area contributed by atoms with Crippen molar-refractivity contribution in [3.05, 3.63) is 164 Å². The first-order valence-corrected chi connectivity index (χ1v) is 16.4. The molecule has 5 nitrogen and oxygen atoms in total. The van der Waals surface area contributed by atoms with Crippen molar-refractivity contribution >= 4 is 54.3 Å². The van der Waals surface area contributed by atoms with Gasteiger partial charge in [-0.1, -0.05) is 109 Å². The smallest absolute Gasteiger partial charge is 0.121 e. The zero-order valence-corrected chi connectivity index (χ0v) is 26.3. The number of rotatable bonds is 4. The van der Waals surface area contributed by atoms with Crippen molar-refractivity contribution in [1.82, 2.24) is 25.0 Å². The van der Waals surface area contributed by atoms with Gasteiger partial charge in [-0.15, -0.1) is 10.2 Å². The summed E-state index contributed by atoms with van der Waals surface area (Å²) in [5, 5.41) is 18.2. The quantitative estimate of drug-likeness (QED) is 0.183. The van der Waals surface area contributed by atoms with Gasteiger partial charge >= 0.3 is 0 Å². The topological polar surface area (TPSA) is 56.5 Å². The molecule has 5 heteroatoms. The molecule has 0 saturated heterocycles. The van der Waals surface area contributed by atoms with Crippen LogP contribution in [0.5, 0.6) is 0 Å². The van der Waals surface area contributed by atoms with Crippen LogP contribution in [0.2, 0.25) is 0 Å². The molecule has 0 aliphatic rings. The third-order valence-electron chi connectivity index (χ3n) is 9.57. The van der Waals surface area contributed by atoms with Gasteiger partial charge in [0.05, 0.1) is 11.2 Å². The lowest BCUT2D eigenvalue weighted by atomic mass is 9.84. The molecule has 3 aromatic heterocycles. The summed E-state index contributed by atoms with van der Waals surface area (Å²) in [4.78, 5) is 10.9. The summed E-state index contributed by atoms with van der Waals surface area (Å²) in [5.41, 5.74) is 10.4. The maximum absolute atomic E-state index is 5.06. The maximum atomic E-state index is 5.06. The standard InChI is InChI=1S/C44H27N5/c1-8-18-40-29(10-1)24-31(27-46-40)42-34-13-3-5-15-36(34)43(37-16-6-4-14-35(37)42)39-25-41-44(38-17-7-2-12-33(38)39)48-49(47-41)32-21-19-28(20-22-32)30-11-9-23-45-26-30/h1-27H. The third-order valence-corrected chi connectivity index (χ3v) is 9.57. The third kappa shape index (κ3) is 4.40. The van der Waals surface area contributed by atoms with Crippen molar-refractivity contribution in [2.24, 2.45) is 0 Å². The summed E-state index contributed by atoms with van der Waals surface area (Å²) in [6, 6.07) is 51.2. The molecule has 7 aromatic carbocycles. The first-order valence-electron chi connectivity index (χ1n) is 16.4. The average Bonchev–Trinajstić information content (AvgIpc) is 3.62. The van der Waals surface area contributed by atoms with Crippen molar-refractivity contribution in [1.29, 1.82) is 0 Å². The van der Waals surface area contributed by atoms with Crippen LogP contribution in [0.4, 0.5) is 0 Å². The van der Waals surface area contributed by atoms with E-state index in [1.165, 1.54) is 32.7 Å². The highest BCUT2D eigenvalue weighted by Crippen LogP contribution is 2.46. The molecular formula is C44H27N5. The molecule has 0 spiro atoms. The van der Waals surface area contributed by atoms with Gasteiger partial charge in [0, 0.05) is 34.9 Å². The Labute approximate surface area is 281 Å². The largest absolute Gasteiger partial charge is 0.264 e. The number of pyridine rings is 2. The minimum atomic E-state index is 0.848. The second kappa shape index (κ2) is 10.9. The van der Waals surface area contributed by atoms with Crippen LogP contribution in [0.3, 0.4) is 0 Å². The molecule has 0 saturated carbocycles. The van der Waals surface area contributed by atoms with Gasteiger partial charge in [-0.05, 0) is 91.1 Å². The minimum Gasteiger partial charge on any atom is -0.264 e. The Bertz CT molecular complexity index is 2820. The number of hydrogen-bond acceptors (Lipinski definition) is 4. The zero-order valence-electron chi connectivity index (χ0n) is 26.3. The SMILES string of the molecule is c1cncc(-c2ccc(-n3nc4cc(-c5c6ccccc6c(-c6cnc7ccccc7c6)c6ccccc56)c5ccccc5c4n3)cc2)c1. The van der Waals surface area contributed by atoms with E-state index in [0.717, 1.165) is 60.6 Å². The maximum Gasteiger partial charge on any atom is 0.121 e. The molecule has 0 N–H and O–H groups in total. The Morgan fingerprint density at radius 3 is 1.80 bits per heavy atom. The van der Waals surface area contributed by atoms with Crippen molar-refractivity contribution < 1.29 is 0 Å². The molecule has 0 unspecified atom stereocenters. The van der Waals surface area contributed by atoms with Gasteiger partial charge in [-0.2, -0.15) is 4.80 Å². The molecule has 0 aliphatic heterocycles. The lowest BCUT2D eigenvalue weighted by Crippen LogP contribution is -1.98. The summed E-state index contributed by atoms with van der Waals surface area (Å²) in [6.45, 7) is 0. The van der Waals surface area contributed by atoms with Crippen LogP contribution in [0.25, 0.3) is 93.3 Å². The number of benzene rings is 7. The molecule has 0 radical (unpaired) electrons. The van der Waals surface area contributed by atoms with Gasteiger partial charge in [0.1, 0.15) is 11.0 Å². The van der Waals surface area contributed by atoms with Gasteiger partial charge < -0.3 is 0 Å². The number of para-hydroxylation sites is 1. The van der Waals surface area contributed by atoms with E-state index in [-0.39, 0.29) is 0 Å². The van der Waals surface area contributed by atoms with E-state index >= 15 is 0 Å². The van der Waals surface area contributed by atoms with Gasteiger partial charge in [-0.25, -0.2) is 0 Å². The van der Waals surface area contributed by atoms with E-state index in [4.69, 9.17) is 15.2 Å². The predicted octanol–water partition coefficient (Wildman–Crippen LogP) is 10.8. The highest BCUT2D eigenvalue weighted by atomic mass is 15.5. The van der Waals surface area contributed by atoms with E-state index in [9.17, 15) is 0 Å². The molecule has 0 aliphatic carbocycles. The highest BCUT2D eigenvalue weighted by molar-refractivity contribution is 6.25. The van der Waals surface area contributed by atoms with E-state index in [1.807, 2.05) is 24.5 Å². The van der Waals surface area contributed by atoms with Crippen molar-refractivity contribution in [3.8, 4) is 39.1 Å². The summed E-state index contributed by atoms with van der Waals surface area (Å²) in [5.74, 6) is 0. The Morgan fingerprint density at radius 2 is 1.08 bits per heavy atom. The fourth-order valence-corrected chi connectivity index (χ4v) is 7.33. The summed E-state index contributed by atoms with van der Waals surface area (Å²) in [6.07, 6.45) is 5.68. The monoisotopic (exact) mass is 625 g/mol. The molecular weight excluding hydrogens is 599 g/mol. The molecule has 0 amide bonds. The van der Waals surface area contributed by atoms with Gasteiger partial charge in [0.2, 0.25) is 0 Å². The van der Waals surface area contributed by atoms with Crippen LogP contribution in [0.1, 0.15) is 0 Å². The highest BCUT2D eigenvalue weighted by Gasteiger charge is 2.20. The van der Waals surface area contributed by atoms with Gasteiger partial charge in [-0.3, -0.25) is 9.97 Å². The zero-order chi connectivity index (χ0) is 32.3. The Hall–Kier alpha value is -6.72. The van der Waals surface area contributed by atoms with E-state index in [1.54, 1.807) is 11.0 Å². The molecule has 3 heterocycles. The van der Waals surface area contributed by atoms with E-state index < -0.39 is 0 Å². The van der Waals surface area contributed by atoms with Crippen LogP contribution in [-0.4, -0.2) is 25.0 Å². The molecule has 0 atom stereocenters. The second-order valence-electron chi connectivity index (χ2n) is 12.4. The first kappa shape index (κ1) is 27.4. The number of aromatic nitrogens is 5. The summed E-state index contributed by atoms with van der Waals surface area (Å²) >= 11 is 0. The Balaban J connectivity index is 1.21. The lowest BCUT2D eigenvalue weighted by Gasteiger charge is -2.19. The Morgan fingerprint density at radius 1 is 0.429 bits per heavy atom. The van der Waals surface area contributed by atoms with E-state index in [0.29, 0.717) is 0 Å². The molecule has 228 valence electrons. The molecule has 0 bridgehead atoms. The van der Waals surface area contributed by atoms with E-state index in [2.05, 4.69) is 138 Å². The normalized spacial score (nSPS) is 11.7. The fourth-order valence-electron chi connectivity index (χ4n) is 7.33. The number of nitrogens with zero attached hydrogens (tertiary/aromatic N) is 5. The number of hydrogen-bond donors (Lipinski definition) is 0. The molecule has 49 heavy (non-hydrogen) atoms. The first-order chi connectivity index (χ1) is 24.3. The summed E-state index contributed by atoms with van der Waals surface area (Å²) < 4.78 is 0. The number of fused-ring (bicyclic) bond motifs is 6. The molecule has 10 aromatic rings. The summed E-state index contributed by atoms with van der Waals surface area (Å²) in [7, 11) is 0. The van der Waals surface area contributed by atoms with Crippen LogP contribution in [0, 0.1) is 0 Å². The van der Waals surface area contributed by atoms with Crippen molar-refractivity contribution in [3.63, 3.8) is 0 Å². The van der Waals surface area contributed by atoms with Crippen LogP contribution in [0.15, 0.2) is 164 Å². The fraction of sp³-hybridized carbons (Fsp3) is 0. The van der Waals surface area contributed by atoms with Crippen molar-refractivity contribution in [2.75, 3.05) is 0 Å². The lowest BCUT2D eigenvalue weighted by molar-refractivity contribution is 0.766. The van der Waals surface area contributed by atoms with Gasteiger partial charge in [0.25, 0.3) is 0 Å². The second-order valence-corrected chi connectivity index (χ2v) is 12.4. The van der Waals surface area contributed by atoms with Crippen LogP contribution in [-0.2, 0) is 0 Å². The predicted molar refractivity (Wildman–Crippen MR) is 201 cm³/mol. The van der Waals surface area contributed by atoms with Crippen molar-refractivity contribution in [2.45, 2.75) is 0 Å². The molecule has 10 rings (SSSR count). The average molecular weight is 626 g/mol. The van der Waals surface area contributed by atoms with Crippen LogP contribution < -0.4 is 0 Å². The molecule has 0 fully saturated rings. The Kier molecular flexibility index (Phi) is 6.11. The minimum absolute atomic E-state index is 0.848. The van der Waals surface area contributed by atoms with Crippen LogP contribution >= 0.6 is 0 Å². The van der Waals surface area contributed by atoms with Gasteiger partial charge in [0.15, 0.2) is 0 Å².